The first-order valence-electron chi connectivity index (χ1n) is 9.68. The van der Waals surface area contributed by atoms with Gasteiger partial charge < -0.3 is 19.8 Å². The molecule has 0 saturated carbocycles. The van der Waals surface area contributed by atoms with Crippen LogP contribution >= 0.6 is 0 Å². The highest BCUT2D eigenvalue weighted by Gasteiger charge is 2.27. The molecule has 8 nitrogen and oxygen atoms in total. The van der Waals surface area contributed by atoms with E-state index in [0.717, 1.165) is 0 Å². The van der Waals surface area contributed by atoms with E-state index in [9.17, 15) is 22.8 Å². The van der Waals surface area contributed by atoms with Crippen molar-refractivity contribution in [3.05, 3.63) is 71.4 Å². The summed E-state index contributed by atoms with van der Waals surface area (Å²) < 4.78 is 47.7. The molecule has 2 heterocycles. The Morgan fingerprint density at radius 2 is 1.91 bits per heavy atom. The Kier molecular flexibility index (Phi) is 7.31. The number of anilines is 1. The summed E-state index contributed by atoms with van der Waals surface area (Å²) in [5.41, 5.74) is 1.02. The molecule has 0 saturated heterocycles. The standard InChI is InChI=1S/C21H21F3N4O4/c1-2-28-11-17(18(27-28)20(30)25-10-16-4-3-9-32-16)26-19(29)15-7-5-14(6-8-15)12-31-13-21(22,23)24/h3-9,11H,2,10,12-13H2,1H3,(H,25,30)(H,26,29). The highest BCUT2D eigenvalue weighted by Crippen LogP contribution is 2.18. The van der Waals surface area contributed by atoms with E-state index in [2.05, 4.69) is 20.5 Å². The maximum absolute atomic E-state index is 12.6. The summed E-state index contributed by atoms with van der Waals surface area (Å²) in [5.74, 6) is -0.414. The van der Waals surface area contributed by atoms with Gasteiger partial charge in [0.2, 0.25) is 0 Å². The number of amides is 2. The molecule has 0 aliphatic carbocycles. The Hall–Kier alpha value is -3.60. The summed E-state index contributed by atoms with van der Waals surface area (Å²) in [7, 11) is 0. The van der Waals surface area contributed by atoms with Gasteiger partial charge in [-0.25, -0.2) is 0 Å². The van der Waals surface area contributed by atoms with Gasteiger partial charge in [0.1, 0.15) is 12.4 Å². The molecule has 2 N–H and O–H groups in total. The number of rotatable bonds is 9. The van der Waals surface area contributed by atoms with Crippen molar-refractivity contribution in [2.45, 2.75) is 32.8 Å². The fourth-order valence-electron chi connectivity index (χ4n) is 2.74. The van der Waals surface area contributed by atoms with Crippen LogP contribution in [0, 0.1) is 0 Å². The highest BCUT2D eigenvalue weighted by atomic mass is 19.4. The zero-order valence-corrected chi connectivity index (χ0v) is 17.1. The minimum atomic E-state index is -4.40. The van der Waals surface area contributed by atoms with Crippen molar-refractivity contribution in [3.63, 3.8) is 0 Å². The zero-order chi connectivity index (χ0) is 23.1. The number of halogens is 3. The lowest BCUT2D eigenvalue weighted by Crippen LogP contribution is -2.25. The van der Waals surface area contributed by atoms with Gasteiger partial charge in [0.05, 0.1) is 25.1 Å². The lowest BCUT2D eigenvalue weighted by Gasteiger charge is -2.09. The lowest BCUT2D eigenvalue weighted by atomic mass is 10.1. The number of furan rings is 1. The van der Waals surface area contributed by atoms with Gasteiger partial charge in [-0.05, 0) is 36.8 Å². The Morgan fingerprint density at radius 3 is 2.53 bits per heavy atom. The van der Waals surface area contributed by atoms with E-state index >= 15 is 0 Å². The number of aryl methyl sites for hydroxylation is 1. The van der Waals surface area contributed by atoms with Crippen LogP contribution in [0.15, 0.2) is 53.3 Å². The number of hydrogen-bond acceptors (Lipinski definition) is 5. The van der Waals surface area contributed by atoms with Gasteiger partial charge in [0, 0.05) is 18.3 Å². The predicted molar refractivity (Wildman–Crippen MR) is 108 cm³/mol. The first kappa shape index (κ1) is 23.1. The molecular formula is C21H21F3N4O4. The molecule has 3 aromatic rings. The molecule has 0 spiro atoms. The van der Waals surface area contributed by atoms with Gasteiger partial charge in [-0.15, -0.1) is 0 Å². The number of aromatic nitrogens is 2. The summed E-state index contributed by atoms with van der Waals surface area (Å²) in [6, 6.07) is 9.33. The molecule has 0 radical (unpaired) electrons. The molecule has 1 aromatic carbocycles. The third-order valence-corrected chi connectivity index (χ3v) is 4.30. The monoisotopic (exact) mass is 450 g/mol. The average molecular weight is 450 g/mol. The topological polar surface area (TPSA) is 98.4 Å². The van der Waals surface area contributed by atoms with Crippen molar-refractivity contribution in [1.29, 1.82) is 0 Å². The fourth-order valence-corrected chi connectivity index (χ4v) is 2.74. The predicted octanol–water partition coefficient (Wildman–Crippen LogP) is 3.76. The molecular weight excluding hydrogens is 429 g/mol. The van der Waals surface area contributed by atoms with Crippen LogP contribution in [-0.2, 0) is 24.4 Å². The van der Waals surface area contributed by atoms with Gasteiger partial charge >= 0.3 is 6.18 Å². The van der Waals surface area contributed by atoms with Gasteiger partial charge in [-0.1, -0.05) is 12.1 Å². The number of benzene rings is 1. The second kappa shape index (κ2) is 10.1. The molecule has 3 rings (SSSR count). The molecule has 0 unspecified atom stereocenters. The van der Waals surface area contributed by atoms with E-state index in [-0.39, 0.29) is 30.1 Å². The fraction of sp³-hybridized carbons (Fsp3) is 0.286. The van der Waals surface area contributed by atoms with E-state index in [4.69, 9.17) is 4.42 Å². The van der Waals surface area contributed by atoms with Crippen LogP contribution in [-0.4, -0.2) is 34.4 Å². The Bertz CT molecular complexity index is 1040. The van der Waals surface area contributed by atoms with Crippen molar-refractivity contribution in [2.24, 2.45) is 0 Å². The van der Waals surface area contributed by atoms with Crippen LogP contribution < -0.4 is 10.6 Å². The van der Waals surface area contributed by atoms with Gasteiger partial charge in [0.15, 0.2) is 5.69 Å². The van der Waals surface area contributed by atoms with Crippen LogP contribution in [0.4, 0.5) is 18.9 Å². The second-order valence-electron chi connectivity index (χ2n) is 6.77. The molecule has 2 amide bonds. The van der Waals surface area contributed by atoms with Crippen molar-refractivity contribution in [1.82, 2.24) is 15.1 Å². The van der Waals surface area contributed by atoms with Gasteiger partial charge in [0.25, 0.3) is 11.8 Å². The number of carbonyl (C=O) groups excluding carboxylic acids is 2. The molecule has 0 aliphatic heterocycles. The molecule has 0 fully saturated rings. The van der Waals surface area contributed by atoms with E-state index in [1.54, 1.807) is 18.3 Å². The van der Waals surface area contributed by atoms with Crippen LogP contribution in [0.3, 0.4) is 0 Å². The molecule has 2 aromatic heterocycles. The number of ether oxygens (including phenoxy) is 1. The molecule has 32 heavy (non-hydrogen) atoms. The summed E-state index contributed by atoms with van der Waals surface area (Å²) in [4.78, 5) is 25.2. The number of nitrogens with zero attached hydrogens (tertiary/aromatic N) is 2. The maximum atomic E-state index is 12.6. The third kappa shape index (κ3) is 6.45. The molecule has 0 aliphatic rings. The zero-order valence-electron chi connectivity index (χ0n) is 17.1. The van der Waals surface area contributed by atoms with Gasteiger partial charge in [-0.2, -0.15) is 18.3 Å². The minimum Gasteiger partial charge on any atom is -0.467 e. The summed E-state index contributed by atoms with van der Waals surface area (Å²) >= 11 is 0. The van der Waals surface area contributed by atoms with Crippen molar-refractivity contribution >= 4 is 17.5 Å². The van der Waals surface area contributed by atoms with Crippen molar-refractivity contribution in [2.75, 3.05) is 11.9 Å². The van der Waals surface area contributed by atoms with E-state index in [1.165, 1.54) is 35.2 Å². The van der Waals surface area contributed by atoms with Crippen molar-refractivity contribution < 1.29 is 31.9 Å². The number of nitrogens with one attached hydrogen (secondary N) is 2. The van der Waals surface area contributed by atoms with Crippen molar-refractivity contribution in [3.8, 4) is 0 Å². The van der Waals surface area contributed by atoms with Gasteiger partial charge in [-0.3, -0.25) is 14.3 Å². The number of alkyl halides is 3. The van der Waals surface area contributed by atoms with E-state index < -0.39 is 24.6 Å². The lowest BCUT2D eigenvalue weighted by molar-refractivity contribution is -0.176. The molecule has 11 heteroatoms. The maximum Gasteiger partial charge on any atom is 0.411 e. The van der Waals surface area contributed by atoms with E-state index in [1.807, 2.05) is 6.92 Å². The van der Waals surface area contributed by atoms with E-state index in [0.29, 0.717) is 17.9 Å². The number of hydrogen-bond donors (Lipinski definition) is 2. The molecule has 0 atom stereocenters. The summed E-state index contributed by atoms with van der Waals surface area (Å²) in [6.45, 7) is 0.909. The largest absolute Gasteiger partial charge is 0.467 e. The Morgan fingerprint density at radius 1 is 1.16 bits per heavy atom. The van der Waals surface area contributed by atoms with Crippen LogP contribution in [0.1, 0.15) is 39.1 Å². The third-order valence-electron chi connectivity index (χ3n) is 4.30. The average Bonchev–Trinajstić information content (AvgIpc) is 3.41. The second-order valence-corrected chi connectivity index (χ2v) is 6.77. The minimum absolute atomic E-state index is 0.0453. The van der Waals surface area contributed by atoms with Crippen LogP contribution in [0.25, 0.3) is 0 Å². The normalized spacial score (nSPS) is 11.4. The highest BCUT2D eigenvalue weighted by molar-refractivity contribution is 6.08. The first-order chi connectivity index (χ1) is 15.2. The quantitative estimate of drug-likeness (QED) is 0.517. The number of carbonyl (C=O) groups is 2. The summed E-state index contributed by atoms with van der Waals surface area (Å²) in [5, 5.41) is 9.52. The summed E-state index contributed by atoms with van der Waals surface area (Å²) in [6.07, 6.45) is -1.36. The molecule has 0 bridgehead atoms. The SMILES string of the molecule is CCn1cc(NC(=O)c2ccc(COCC(F)(F)F)cc2)c(C(=O)NCc2ccco2)n1. The van der Waals surface area contributed by atoms with Crippen LogP contribution in [0.2, 0.25) is 0 Å². The molecule has 170 valence electrons. The Labute approximate surface area is 181 Å². The first-order valence-corrected chi connectivity index (χ1v) is 9.68. The Balaban J connectivity index is 1.63. The smallest absolute Gasteiger partial charge is 0.411 e. The van der Waals surface area contributed by atoms with Crippen LogP contribution in [0.5, 0.6) is 0 Å².